The number of hydrogen-bond donors (Lipinski definition) is 2. The van der Waals surface area contributed by atoms with Crippen LogP contribution in [-0.2, 0) is 0 Å². The standard InChI is InChI=1S/C23H23ClN6O/c1-14(2)11-12-26-23(31)19-20-22(29-18-6-4-3-5-17(18)28-20)30(21(19)25)27-13-15-7-9-16(24)10-8-15/h3-10,13-14H,11-12,25H2,1-2H3,(H,26,31)/b27-13-. The largest absolute Gasteiger partial charge is 0.383 e. The maximum atomic E-state index is 13.0. The van der Waals surface area contributed by atoms with Crippen LogP contribution in [0.25, 0.3) is 22.2 Å². The summed E-state index contributed by atoms with van der Waals surface area (Å²) in [5, 5.41) is 8.07. The lowest BCUT2D eigenvalue weighted by atomic mass is 10.1. The Morgan fingerprint density at radius 3 is 2.52 bits per heavy atom. The average Bonchev–Trinajstić information content (AvgIpc) is 3.01. The van der Waals surface area contributed by atoms with Gasteiger partial charge in [0.15, 0.2) is 5.65 Å². The molecule has 0 spiro atoms. The fourth-order valence-corrected chi connectivity index (χ4v) is 3.35. The molecular weight excluding hydrogens is 412 g/mol. The van der Waals surface area contributed by atoms with Crippen LogP contribution in [-0.4, -0.2) is 33.3 Å². The molecule has 158 valence electrons. The number of aromatic nitrogens is 3. The summed E-state index contributed by atoms with van der Waals surface area (Å²) in [6.45, 7) is 4.77. The van der Waals surface area contributed by atoms with E-state index in [0.29, 0.717) is 39.7 Å². The molecule has 0 atom stereocenters. The van der Waals surface area contributed by atoms with Gasteiger partial charge < -0.3 is 11.1 Å². The Hall–Kier alpha value is -3.45. The maximum absolute atomic E-state index is 13.0. The lowest BCUT2D eigenvalue weighted by molar-refractivity contribution is 0.0954. The Balaban J connectivity index is 1.82. The molecule has 4 rings (SSSR count). The van der Waals surface area contributed by atoms with Crippen LogP contribution in [0, 0.1) is 5.92 Å². The van der Waals surface area contributed by atoms with Gasteiger partial charge in [0, 0.05) is 11.6 Å². The topological polar surface area (TPSA) is 98.2 Å². The number of rotatable bonds is 6. The van der Waals surface area contributed by atoms with Crippen LogP contribution >= 0.6 is 11.6 Å². The van der Waals surface area contributed by atoms with Gasteiger partial charge >= 0.3 is 0 Å². The van der Waals surface area contributed by atoms with E-state index < -0.39 is 0 Å². The van der Waals surface area contributed by atoms with Crippen molar-refractivity contribution >= 4 is 51.7 Å². The minimum absolute atomic E-state index is 0.192. The minimum Gasteiger partial charge on any atom is -0.383 e. The van der Waals surface area contributed by atoms with Gasteiger partial charge in [0.2, 0.25) is 0 Å². The highest BCUT2D eigenvalue weighted by Crippen LogP contribution is 2.27. The van der Waals surface area contributed by atoms with Gasteiger partial charge in [-0.15, -0.1) is 0 Å². The molecule has 3 N–H and O–H groups in total. The third kappa shape index (κ3) is 4.36. The number of nitrogen functional groups attached to an aromatic ring is 1. The Morgan fingerprint density at radius 1 is 1.16 bits per heavy atom. The first kappa shape index (κ1) is 20.8. The van der Waals surface area contributed by atoms with Gasteiger partial charge in [0.05, 0.1) is 17.2 Å². The lowest BCUT2D eigenvalue weighted by Crippen LogP contribution is -2.26. The number of anilines is 1. The molecule has 0 aliphatic carbocycles. The van der Waals surface area contributed by atoms with E-state index >= 15 is 0 Å². The van der Waals surface area contributed by atoms with E-state index in [0.717, 1.165) is 12.0 Å². The van der Waals surface area contributed by atoms with Crippen LogP contribution < -0.4 is 11.1 Å². The fraction of sp³-hybridized carbons (Fsp3) is 0.217. The van der Waals surface area contributed by atoms with Crippen LogP contribution in [0.2, 0.25) is 5.02 Å². The molecule has 8 heteroatoms. The fourth-order valence-electron chi connectivity index (χ4n) is 3.22. The first-order valence-electron chi connectivity index (χ1n) is 10.1. The van der Waals surface area contributed by atoms with E-state index in [1.54, 1.807) is 18.3 Å². The number of nitrogens with one attached hydrogen (secondary N) is 1. The number of nitrogens with zero attached hydrogens (tertiary/aromatic N) is 4. The minimum atomic E-state index is -0.284. The first-order chi connectivity index (χ1) is 14.9. The second-order valence-corrected chi connectivity index (χ2v) is 8.13. The first-order valence-corrected chi connectivity index (χ1v) is 10.5. The van der Waals surface area contributed by atoms with Crippen molar-refractivity contribution in [3.63, 3.8) is 0 Å². The summed E-state index contributed by atoms with van der Waals surface area (Å²) in [5.41, 5.74) is 9.74. The molecule has 0 fully saturated rings. The van der Waals surface area contributed by atoms with Crippen molar-refractivity contribution in [2.75, 3.05) is 12.3 Å². The van der Waals surface area contributed by atoms with E-state index in [1.807, 2.05) is 36.4 Å². The van der Waals surface area contributed by atoms with Gasteiger partial charge in [0.1, 0.15) is 16.9 Å². The van der Waals surface area contributed by atoms with Crippen molar-refractivity contribution in [1.29, 1.82) is 0 Å². The molecule has 1 amide bonds. The zero-order chi connectivity index (χ0) is 22.0. The second-order valence-electron chi connectivity index (χ2n) is 7.69. The van der Waals surface area contributed by atoms with Crippen LogP contribution in [0.1, 0.15) is 36.2 Å². The lowest BCUT2D eigenvalue weighted by Gasteiger charge is -2.07. The molecule has 0 saturated carbocycles. The van der Waals surface area contributed by atoms with Crippen molar-refractivity contribution in [3.05, 3.63) is 64.7 Å². The Bertz CT molecular complexity index is 1280. The van der Waals surface area contributed by atoms with Crippen LogP contribution in [0.5, 0.6) is 0 Å². The van der Waals surface area contributed by atoms with E-state index in [2.05, 4.69) is 34.2 Å². The predicted octanol–water partition coefficient (Wildman–Crippen LogP) is 4.48. The van der Waals surface area contributed by atoms with E-state index in [9.17, 15) is 4.79 Å². The quantitative estimate of drug-likeness (QED) is 0.437. The number of fused-ring (bicyclic) bond motifs is 2. The summed E-state index contributed by atoms with van der Waals surface area (Å²) >= 11 is 5.95. The number of hydrogen-bond acceptors (Lipinski definition) is 5. The third-order valence-electron chi connectivity index (χ3n) is 4.90. The normalized spacial score (nSPS) is 11.7. The predicted molar refractivity (Wildman–Crippen MR) is 126 cm³/mol. The van der Waals surface area contributed by atoms with Crippen LogP contribution in [0.3, 0.4) is 0 Å². The van der Waals surface area contributed by atoms with Gasteiger partial charge in [-0.1, -0.05) is 49.7 Å². The summed E-state index contributed by atoms with van der Waals surface area (Å²) in [6.07, 6.45) is 2.51. The Labute approximate surface area is 184 Å². The molecule has 7 nitrogen and oxygen atoms in total. The highest BCUT2D eigenvalue weighted by molar-refractivity contribution is 6.30. The van der Waals surface area contributed by atoms with E-state index in [4.69, 9.17) is 17.3 Å². The van der Waals surface area contributed by atoms with Crippen molar-refractivity contribution in [2.24, 2.45) is 11.0 Å². The van der Waals surface area contributed by atoms with E-state index in [1.165, 1.54) is 4.68 Å². The number of nitrogens with two attached hydrogens (primary N) is 1. The highest BCUT2D eigenvalue weighted by Gasteiger charge is 2.23. The zero-order valence-electron chi connectivity index (χ0n) is 17.3. The molecule has 2 aromatic carbocycles. The van der Waals surface area contributed by atoms with Gasteiger partial charge in [-0.05, 0) is 42.2 Å². The third-order valence-corrected chi connectivity index (χ3v) is 5.15. The van der Waals surface area contributed by atoms with Gasteiger partial charge in [-0.3, -0.25) is 4.79 Å². The van der Waals surface area contributed by atoms with Gasteiger partial charge in [0.25, 0.3) is 5.91 Å². The molecule has 0 radical (unpaired) electrons. The van der Waals surface area contributed by atoms with Crippen molar-refractivity contribution in [1.82, 2.24) is 20.0 Å². The van der Waals surface area contributed by atoms with Crippen molar-refractivity contribution in [2.45, 2.75) is 20.3 Å². The maximum Gasteiger partial charge on any atom is 0.257 e. The Morgan fingerprint density at radius 2 is 1.84 bits per heavy atom. The summed E-state index contributed by atoms with van der Waals surface area (Å²) in [5.74, 6) is 0.387. The molecule has 0 aliphatic heterocycles. The SMILES string of the molecule is CC(C)CCNC(=O)c1c(N)n(/N=C\c2ccc(Cl)cc2)c2nc3ccccc3nc12. The molecule has 0 aliphatic rings. The molecule has 2 heterocycles. The summed E-state index contributed by atoms with van der Waals surface area (Å²) in [4.78, 5) is 22.3. The summed E-state index contributed by atoms with van der Waals surface area (Å²) in [6, 6.07) is 14.7. The summed E-state index contributed by atoms with van der Waals surface area (Å²) in [7, 11) is 0. The molecule has 0 bridgehead atoms. The van der Waals surface area contributed by atoms with Crippen LogP contribution in [0.4, 0.5) is 5.82 Å². The number of benzene rings is 2. The molecule has 2 aromatic heterocycles. The van der Waals surface area contributed by atoms with E-state index in [-0.39, 0.29) is 17.3 Å². The zero-order valence-corrected chi connectivity index (χ0v) is 18.1. The molecule has 0 unspecified atom stereocenters. The number of para-hydroxylation sites is 2. The number of amides is 1. The molecule has 31 heavy (non-hydrogen) atoms. The number of carbonyl (C=O) groups is 1. The Kier molecular flexibility index (Phi) is 5.86. The second kappa shape index (κ2) is 8.73. The smallest absolute Gasteiger partial charge is 0.257 e. The average molecular weight is 435 g/mol. The number of halogens is 1. The van der Waals surface area contributed by atoms with Crippen LogP contribution in [0.15, 0.2) is 53.6 Å². The van der Waals surface area contributed by atoms with Gasteiger partial charge in [-0.2, -0.15) is 9.78 Å². The van der Waals surface area contributed by atoms with Crippen molar-refractivity contribution in [3.8, 4) is 0 Å². The van der Waals surface area contributed by atoms with Crippen molar-refractivity contribution < 1.29 is 4.79 Å². The number of carbonyl (C=O) groups excluding carboxylic acids is 1. The highest BCUT2D eigenvalue weighted by atomic mass is 35.5. The monoisotopic (exact) mass is 434 g/mol. The molecular formula is C23H23ClN6O. The molecule has 4 aromatic rings. The molecule has 0 saturated heterocycles. The summed E-state index contributed by atoms with van der Waals surface area (Å²) < 4.78 is 1.46. The van der Waals surface area contributed by atoms with Gasteiger partial charge in [-0.25, -0.2) is 9.97 Å².